The minimum atomic E-state index is -0.476. The highest BCUT2D eigenvalue weighted by Crippen LogP contribution is 2.14. The Kier molecular flexibility index (Phi) is 3.96. The minimum Gasteiger partial charge on any atom is -0.444 e. The van der Waals surface area contributed by atoms with E-state index < -0.39 is 11.7 Å². The van der Waals surface area contributed by atoms with Crippen LogP contribution in [0.2, 0.25) is 0 Å². The van der Waals surface area contributed by atoms with Crippen molar-refractivity contribution >= 4 is 34.4 Å². The van der Waals surface area contributed by atoms with Crippen molar-refractivity contribution in [1.29, 1.82) is 0 Å². The van der Waals surface area contributed by atoms with Crippen LogP contribution in [-0.2, 0) is 4.74 Å². The van der Waals surface area contributed by atoms with Crippen molar-refractivity contribution in [2.24, 2.45) is 0 Å². The smallest absolute Gasteiger partial charge is 0.412 e. The summed E-state index contributed by atoms with van der Waals surface area (Å²) < 4.78 is 6.13. The summed E-state index contributed by atoms with van der Waals surface area (Å²) >= 11 is 2.16. The third kappa shape index (κ3) is 5.01. The number of hydrogen-bond donors (Lipinski definition) is 1. The molecule has 1 amide bonds. The highest BCUT2D eigenvalue weighted by Gasteiger charge is 2.15. The SMILES string of the molecule is CC(C)(C)OC(=O)Nc1c[c]cc(I)c1. The highest BCUT2D eigenvalue weighted by atomic mass is 127. The van der Waals surface area contributed by atoms with E-state index in [1.54, 1.807) is 6.07 Å². The Morgan fingerprint density at radius 1 is 1.47 bits per heavy atom. The van der Waals surface area contributed by atoms with Gasteiger partial charge in [-0.2, -0.15) is 0 Å². The van der Waals surface area contributed by atoms with Crippen LogP contribution in [0, 0.1) is 9.64 Å². The van der Waals surface area contributed by atoms with Gasteiger partial charge in [0.05, 0.1) is 0 Å². The van der Waals surface area contributed by atoms with Gasteiger partial charge in [-0.05, 0) is 67.6 Å². The summed E-state index contributed by atoms with van der Waals surface area (Å²) in [6.45, 7) is 5.48. The molecule has 1 aromatic rings. The number of ether oxygens (including phenoxy) is 1. The van der Waals surface area contributed by atoms with Crippen molar-refractivity contribution in [3.63, 3.8) is 0 Å². The van der Waals surface area contributed by atoms with E-state index in [4.69, 9.17) is 4.74 Å². The lowest BCUT2D eigenvalue weighted by atomic mass is 10.2. The number of halogens is 1. The molecular weight excluding hydrogens is 305 g/mol. The Hall–Kier alpha value is -0.780. The Morgan fingerprint density at radius 2 is 2.13 bits per heavy atom. The molecule has 81 valence electrons. The quantitative estimate of drug-likeness (QED) is 0.806. The first-order valence-electron chi connectivity index (χ1n) is 4.53. The van der Waals surface area contributed by atoms with Crippen molar-refractivity contribution in [3.8, 4) is 0 Å². The van der Waals surface area contributed by atoms with Crippen molar-refractivity contribution in [2.75, 3.05) is 5.32 Å². The average Bonchev–Trinajstić information content (AvgIpc) is 1.99. The topological polar surface area (TPSA) is 38.3 Å². The lowest BCUT2D eigenvalue weighted by molar-refractivity contribution is 0.0636. The van der Waals surface area contributed by atoms with Crippen LogP contribution in [0.25, 0.3) is 0 Å². The Labute approximate surface area is 103 Å². The van der Waals surface area contributed by atoms with Crippen molar-refractivity contribution < 1.29 is 9.53 Å². The van der Waals surface area contributed by atoms with Gasteiger partial charge in [0.15, 0.2) is 0 Å². The van der Waals surface area contributed by atoms with Crippen molar-refractivity contribution in [2.45, 2.75) is 26.4 Å². The maximum absolute atomic E-state index is 11.4. The van der Waals surface area contributed by atoms with Gasteiger partial charge in [0, 0.05) is 9.26 Å². The van der Waals surface area contributed by atoms with Gasteiger partial charge >= 0.3 is 6.09 Å². The predicted molar refractivity (Wildman–Crippen MR) is 67.9 cm³/mol. The molecule has 0 aliphatic carbocycles. The molecule has 3 nitrogen and oxygen atoms in total. The molecule has 0 spiro atoms. The van der Waals surface area contributed by atoms with Gasteiger partial charge in [0.25, 0.3) is 0 Å². The van der Waals surface area contributed by atoms with Gasteiger partial charge < -0.3 is 4.74 Å². The van der Waals surface area contributed by atoms with Gasteiger partial charge in [-0.1, -0.05) is 0 Å². The second kappa shape index (κ2) is 4.83. The second-order valence-corrected chi connectivity index (χ2v) is 5.31. The summed E-state index contributed by atoms with van der Waals surface area (Å²) in [5.74, 6) is 0. The Morgan fingerprint density at radius 3 is 2.67 bits per heavy atom. The number of carbonyl (C=O) groups excluding carboxylic acids is 1. The van der Waals surface area contributed by atoms with Crippen LogP contribution >= 0.6 is 22.6 Å². The first kappa shape index (κ1) is 12.3. The summed E-state index contributed by atoms with van der Waals surface area (Å²) in [7, 11) is 0. The first-order chi connectivity index (χ1) is 6.87. The monoisotopic (exact) mass is 318 g/mol. The molecule has 0 saturated heterocycles. The summed E-state index contributed by atoms with van der Waals surface area (Å²) in [6.07, 6.45) is -0.446. The van der Waals surface area contributed by atoms with Gasteiger partial charge in [-0.25, -0.2) is 4.79 Å². The summed E-state index contributed by atoms with van der Waals surface area (Å²) in [6, 6.07) is 8.30. The average molecular weight is 318 g/mol. The van der Waals surface area contributed by atoms with Crippen molar-refractivity contribution in [3.05, 3.63) is 27.8 Å². The Balaban J connectivity index is 2.59. The minimum absolute atomic E-state index is 0.446. The molecule has 15 heavy (non-hydrogen) atoms. The summed E-state index contributed by atoms with van der Waals surface area (Å²) in [4.78, 5) is 11.4. The van der Waals surface area contributed by atoms with E-state index in [-0.39, 0.29) is 0 Å². The summed E-state index contributed by atoms with van der Waals surface area (Å²) in [5, 5.41) is 2.64. The largest absolute Gasteiger partial charge is 0.444 e. The molecule has 0 unspecified atom stereocenters. The molecular formula is C11H13INO2. The maximum atomic E-state index is 11.4. The van der Waals surface area contributed by atoms with Crippen LogP contribution in [0.4, 0.5) is 10.5 Å². The molecule has 0 fully saturated rings. The molecule has 0 heterocycles. The standard InChI is InChI=1S/C11H13INO2/c1-11(2,3)15-10(14)13-9-6-4-5-8(12)7-9/h5-7H,1-3H3,(H,13,14). The van der Waals surface area contributed by atoms with Crippen molar-refractivity contribution in [1.82, 2.24) is 0 Å². The van der Waals surface area contributed by atoms with Gasteiger partial charge in [0.1, 0.15) is 5.60 Å². The molecule has 1 rings (SSSR count). The van der Waals surface area contributed by atoms with E-state index in [1.165, 1.54) is 0 Å². The molecule has 0 aliphatic heterocycles. The summed E-state index contributed by atoms with van der Waals surface area (Å²) in [5.41, 5.74) is 0.214. The van der Waals surface area contributed by atoms with E-state index in [0.717, 1.165) is 3.57 Å². The lowest BCUT2D eigenvalue weighted by Gasteiger charge is -2.19. The number of rotatable bonds is 1. The second-order valence-electron chi connectivity index (χ2n) is 4.07. The van der Waals surface area contributed by atoms with Crippen LogP contribution < -0.4 is 5.32 Å². The number of amides is 1. The van der Waals surface area contributed by atoms with E-state index in [0.29, 0.717) is 5.69 Å². The molecule has 0 saturated carbocycles. The van der Waals surface area contributed by atoms with Gasteiger partial charge in [0.2, 0.25) is 0 Å². The third-order valence-electron chi connectivity index (χ3n) is 1.40. The zero-order chi connectivity index (χ0) is 11.5. The first-order valence-corrected chi connectivity index (χ1v) is 5.61. The molecule has 0 aromatic heterocycles. The van der Waals surface area contributed by atoms with Crippen LogP contribution in [0.3, 0.4) is 0 Å². The highest BCUT2D eigenvalue weighted by molar-refractivity contribution is 14.1. The molecule has 0 aliphatic rings. The number of hydrogen-bond acceptors (Lipinski definition) is 2. The van der Waals surface area contributed by atoms with Gasteiger partial charge in [-0.3, -0.25) is 5.32 Å². The third-order valence-corrected chi connectivity index (χ3v) is 2.02. The molecule has 0 atom stereocenters. The fourth-order valence-electron chi connectivity index (χ4n) is 0.937. The fraction of sp³-hybridized carbons (Fsp3) is 0.364. The predicted octanol–water partition coefficient (Wildman–Crippen LogP) is 3.44. The van der Waals surface area contributed by atoms with Crippen LogP contribution in [0.1, 0.15) is 20.8 Å². The fourth-order valence-corrected chi connectivity index (χ4v) is 1.45. The zero-order valence-corrected chi connectivity index (χ0v) is 11.1. The zero-order valence-electron chi connectivity index (χ0n) is 8.93. The van der Waals surface area contributed by atoms with E-state index >= 15 is 0 Å². The van der Waals surface area contributed by atoms with Crippen LogP contribution in [0.15, 0.2) is 18.2 Å². The normalized spacial score (nSPS) is 10.9. The van der Waals surface area contributed by atoms with Crippen LogP contribution in [-0.4, -0.2) is 11.7 Å². The van der Waals surface area contributed by atoms with Gasteiger partial charge in [-0.15, -0.1) is 0 Å². The molecule has 0 bridgehead atoms. The molecule has 1 aromatic carbocycles. The van der Waals surface area contributed by atoms with E-state index in [2.05, 4.69) is 34.0 Å². The molecule has 4 heteroatoms. The molecule has 1 N–H and O–H groups in total. The number of anilines is 1. The maximum Gasteiger partial charge on any atom is 0.412 e. The Bertz CT molecular complexity index is 358. The van der Waals surface area contributed by atoms with E-state index in [9.17, 15) is 4.79 Å². The number of benzene rings is 1. The van der Waals surface area contributed by atoms with Crippen LogP contribution in [0.5, 0.6) is 0 Å². The molecule has 1 radical (unpaired) electrons. The number of carbonyl (C=O) groups is 1. The van der Waals surface area contributed by atoms with E-state index in [1.807, 2.05) is 32.9 Å². The lowest BCUT2D eigenvalue weighted by Crippen LogP contribution is -2.27. The number of nitrogens with one attached hydrogen (secondary N) is 1.